The number of carbonyl (C=O) groups is 2. The molecular formula is C23H19BrN2O5S. The summed E-state index contributed by atoms with van der Waals surface area (Å²) in [5.74, 6) is -1.19. The average molecular weight is 515 g/mol. The number of benzene rings is 3. The van der Waals surface area contributed by atoms with Gasteiger partial charge >= 0.3 is 0 Å². The molecule has 0 aliphatic carbocycles. The molecule has 0 bridgehead atoms. The smallest absolute Gasteiger partial charge is 0.262 e. The van der Waals surface area contributed by atoms with Crippen LogP contribution in [0.1, 0.15) is 27.9 Å². The highest BCUT2D eigenvalue weighted by atomic mass is 79.9. The minimum Gasteiger partial charge on any atom is -0.375 e. The van der Waals surface area contributed by atoms with Crippen LogP contribution in [-0.4, -0.2) is 25.2 Å². The van der Waals surface area contributed by atoms with E-state index in [0.29, 0.717) is 21.3 Å². The Morgan fingerprint density at radius 2 is 1.84 bits per heavy atom. The van der Waals surface area contributed by atoms with Gasteiger partial charge in [0.25, 0.3) is 15.9 Å². The molecule has 0 fully saturated rings. The van der Waals surface area contributed by atoms with Crippen LogP contribution in [0.5, 0.6) is 0 Å². The molecule has 32 heavy (non-hydrogen) atoms. The minimum absolute atomic E-state index is 0.135. The molecule has 164 valence electrons. The van der Waals surface area contributed by atoms with Crippen LogP contribution in [0.15, 0.2) is 76.1 Å². The molecule has 1 atom stereocenters. The number of halogens is 1. The zero-order valence-electron chi connectivity index (χ0n) is 16.9. The highest BCUT2D eigenvalue weighted by Crippen LogP contribution is 2.40. The van der Waals surface area contributed by atoms with Crippen LogP contribution in [0.3, 0.4) is 0 Å². The molecule has 4 rings (SSSR count). The Morgan fingerprint density at radius 3 is 2.59 bits per heavy atom. The first-order valence-corrected chi connectivity index (χ1v) is 11.9. The van der Waals surface area contributed by atoms with Gasteiger partial charge in [-0.15, -0.1) is 0 Å². The zero-order chi connectivity index (χ0) is 23.1. The van der Waals surface area contributed by atoms with Gasteiger partial charge in [0.15, 0.2) is 11.4 Å². The van der Waals surface area contributed by atoms with Crippen LogP contribution in [0.25, 0.3) is 0 Å². The Hall–Kier alpha value is -3.01. The normalized spacial score (nSPS) is 17.5. The number of Topliss-reactive ketones (excluding diaryl/α,β-unsaturated/α-hetero) is 1. The molecular weight excluding hydrogens is 496 g/mol. The molecule has 9 heteroatoms. The number of rotatable bonds is 6. The van der Waals surface area contributed by atoms with Crippen molar-refractivity contribution in [2.75, 3.05) is 10.0 Å². The molecule has 3 aromatic carbocycles. The summed E-state index contributed by atoms with van der Waals surface area (Å²) in [6.45, 7) is 1.69. The molecule has 0 radical (unpaired) electrons. The van der Waals surface area contributed by atoms with E-state index in [1.54, 1.807) is 43.3 Å². The number of aliphatic hydroxyl groups is 1. The third-order valence-corrected chi connectivity index (χ3v) is 7.32. The third kappa shape index (κ3) is 4.06. The van der Waals surface area contributed by atoms with Crippen molar-refractivity contribution in [2.24, 2.45) is 0 Å². The summed E-state index contributed by atoms with van der Waals surface area (Å²) in [5, 5.41) is 13.6. The van der Waals surface area contributed by atoms with Crippen molar-refractivity contribution in [1.82, 2.24) is 0 Å². The van der Waals surface area contributed by atoms with E-state index in [1.807, 2.05) is 0 Å². The number of aryl methyl sites for hydroxylation is 1. The van der Waals surface area contributed by atoms with Crippen LogP contribution < -0.4 is 10.0 Å². The molecule has 0 saturated carbocycles. The summed E-state index contributed by atoms with van der Waals surface area (Å²) >= 11 is 3.31. The van der Waals surface area contributed by atoms with Crippen LogP contribution in [-0.2, 0) is 20.4 Å². The molecule has 1 unspecified atom stereocenters. The van der Waals surface area contributed by atoms with Crippen LogP contribution >= 0.6 is 15.9 Å². The van der Waals surface area contributed by atoms with Crippen molar-refractivity contribution in [2.45, 2.75) is 23.8 Å². The minimum atomic E-state index is -3.85. The highest BCUT2D eigenvalue weighted by Gasteiger charge is 2.46. The lowest BCUT2D eigenvalue weighted by molar-refractivity contribution is -0.133. The number of carbonyl (C=O) groups excluding carboxylic acids is 2. The predicted octanol–water partition coefficient (Wildman–Crippen LogP) is 3.97. The first-order chi connectivity index (χ1) is 15.1. The van der Waals surface area contributed by atoms with Crippen LogP contribution in [0, 0.1) is 6.92 Å². The van der Waals surface area contributed by atoms with Gasteiger partial charge in [-0.05, 0) is 48.9 Å². The molecule has 3 N–H and O–H groups in total. The lowest BCUT2D eigenvalue weighted by atomic mass is 9.88. The Labute approximate surface area is 193 Å². The van der Waals surface area contributed by atoms with E-state index < -0.39 is 33.7 Å². The van der Waals surface area contributed by atoms with E-state index in [2.05, 4.69) is 26.0 Å². The topological polar surface area (TPSA) is 113 Å². The first kappa shape index (κ1) is 22.2. The monoisotopic (exact) mass is 514 g/mol. The van der Waals surface area contributed by atoms with E-state index in [9.17, 15) is 23.1 Å². The van der Waals surface area contributed by atoms with Gasteiger partial charge < -0.3 is 10.4 Å². The lowest BCUT2D eigenvalue weighted by Gasteiger charge is -2.20. The van der Waals surface area contributed by atoms with Crippen molar-refractivity contribution in [1.29, 1.82) is 0 Å². The van der Waals surface area contributed by atoms with Crippen molar-refractivity contribution in [3.8, 4) is 0 Å². The number of sulfonamides is 1. The number of fused-ring (bicyclic) bond motifs is 1. The fourth-order valence-corrected chi connectivity index (χ4v) is 5.31. The quantitative estimate of drug-likeness (QED) is 0.430. The van der Waals surface area contributed by atoms with Gasteiger partial charge in [0.05, 0.1) is 11.3 Å². The summed E-state index contributed by atoms with van der Waals surface area (Å²) in [7, 11) is -3.85. The third-order valence-electron chi connectivity index (χ3n) is 5.29. The van der Waals surface area contributed by atoms with Gasteiger partial charge in [0.1, 0.15) is 0 Å². The van der Waals surface area contributed by atoms with E-state index in [0.717, 1.165) is 0 Å². The van der Waals surface area contributed by atoms with Crippen LogP contribution in [0.2, 0.25) is 0 Å². The Morgan fingerprint density at radius 1 is 1.09 bits per heavy atom. The predicted molar refractivity (Wildman–Crippen MR) is 124 cm³/mol. The molecule has 1 aliphatic heterocycles. The SMILES string of the molecule is Cc1ccccc1S(=O)(=O)Nc1cccc(C(=O)CC2(O)C(=O)Nc3ccc(Br)cc32)c1. The Balaban J connectivity index is 1.59. The molecule has 0 aromatic heterocycles. The summed E-state index contributed by atoms with van der Waals surface area (Å²) in [6.07, 6.45) is -0.490. The van der Waals surface area contributed by atoms with Crippen molar-refractivity contribution in [3.05, 3.63) is 87.9 Å². The highest BCUT2D eigenvalue weighted by molar-refractivity contribution is 9.10. The fraction of sp³-hybridized carbons (Fsp3) is 0.130. The second kappa shape index (κ2) is 8.16. The zero-order valence-corrected chi connectivity index (χ0v) is 19.3. The molecule has 1 heterocycles. The van der Waals surface area contributed by atoms with Gasteiger partial charge in [-0.3, -0.25) is 14.3 Å². The van der Waals surface area contributed by atoms with Crippen molar-refractivity contribution in [3.63, 3.8) is 0 Å². The van der Waals surface area contributed by atoms with Gasteiger partial charge in [-0.2, -0.15) is 0 Å². The van der Waals surface area contributed by atoms with Crippen LogP contribution in [0.4, 0.5) is 11.4 Å². The van der Waals surface area contributed by atoms with Crippen molar-refractivity contribution >= 4 is 49.0 Å². The van der Waals surface area contributed by atoms with Gasteiger partial charge in [-0.25, -0.2) is 8.42 Å². The largest absolute Gasteiger partial charge is 0.375 e. The Kier molecular flexibility index (Phi) is 5.66. The maximum Gasteiger partial charge on any atom is 0.262 e. The molecule has 1 amide bonds. The number of anilines is 2. The van der Waals surface area contributed by atoms with E-state index in [1.165, 1.54) is 30.3 Å². The summed E-state index contributed by atoms with van der Waals surface area (Å²) in [4.78, 5) is 25.5. The second-order valence-electron chi connectivity index (χ2n) is 7.56. The number of hydrogen-bond donors (Lipinski definition) is 3. The second-order valence-corrected chi connectivity index (χ2v) is 10.1. The van der Waals surface area contributed by atoms with E-state index in [4.69, 9.17) is 0 Å². The number of amides is 1. The molecule has 0 saturated heterocycles. The van der Waals surface area contributed by atoms with Gasteiger partial charge in [-0.1, -0.05) is 46.3 Å². The Bertz CT molecular complexity index is 1360. The average Bonchev–Trinajstić information content (AvgIpc) is 2.98. The molecule has 1 aliphatic rings. The fourth-order valence-electron chi connectivity index (χ4n) is 3.65. The number of nitrogens with one attached hydrogen (secondary N) is 2. The standard InChI is InChI=1S/C23H19BrN2O5S/c1-14-5-2-3-8-21(14)32(30,31)26-17-7-4-6-15(11-17)20(27)13-23(29)18-12-16(24)9-10-19(18)25-22(23)28/h2-12,26,29H,13H2,1H3,(H,25,28). The van der Waals surface area contributed by atoms with Crippen molar-refractivity contribution < 1.29 is 23.1 Å². The van der Waals surface area contributed by atoms with E-state index >= 15 is 0 Å². The summed E-state index contributed by atoms with van der Waals surface area (Å²) in [6, 6.07) is 17.5. The van der Waals surface area contributed by atoms with Gasteiger partial charge in [0, 0.05) is 27.0 Å². The lowest BCUT2D eigenvalue weighted by Crippen LogP contribution is -2.36. The maximum atomic E-state index is 13.0. The summed E-state index contributed by atoms with van der Waals surface area (Å²) in [5.41, 5.74) is -0.321. The van der Waals surface area contributed by atoms with E-state index in [-0.39, 0.29) is 16.1 Å². The number of ketones is 1. The molecule has 7 nitrogen and oxygen atoms in total. The maximum absolute atomic E-state index is 13.0. The van der Waals surface area contributed by atoms with Gasteiger partial charge in [0.2, 0.25) is 0 Å². The first-order valence-electron chi connectivity index (χ1n) is 9.66. The molecule has 3 aromatic rings. The number of hydrogen-bond acceptors (Lipinski definition) is 5. The molecule has 0 spiro atoms. The summed E-state index contributed by atoms with van der Waals surface area (Å²) < 4.78 is 28.6.